The number of hydrogen-bond acceptors (Lipinski definition) is 4. The molecule has 3 rings (SSSR count). The average molecular weight is 311 g/mol. The number of rotatable bonds is 1. The average Bonchev–Trinajstić information content (AvgIpc) is 2.71. The van der Waals surface area contributed by atoms with E-state index in [1.165, 1.54) is 6.92 Å². The summed E-state index contributed by atoms with van der Waals surface area (Å²) in [5.74, 6) is -0.592. The van der Waals surface area contributed by atoms with E-state index in [0.29, 0.717) is 22.2 Å². The van der Waals surface area contributed by atoms with Crippen LogP contribution in [0.2, 0.25) is 0 Å². The van der Waals surface area contributed by atoms with Gasteiger partial charge in [0.1, 0.15) is 5.60 Å². The highest BCUT2D eigenvalue weighted by Crippen LogP contribution is 2.38. The minimum absolute atomic E-state index is 0.128. The Kier molecular flexibility index (Phi) is 3.25. The van der Waals surface area contributed by atoms with Crippen LogP contribution in [0.15, 0.2) is 30.3 Å². The normalized spacial score (nSPS) is 13.6. The van der Waals surface area contributed by atoms with E-state index in [4.69, 9.17) is 4.74 Å². The molecule has 2 aromatic rings. The molecule has 1 aliphatic heterocycles. The number of amides is 2. The Hall–Kier alpha value is -2.69. The van der Waals surface area contributed by atoms with E-state index in [1.807, 2.05) is 6.07 Å². The molecule has 0 radical (unpaired) electrons. The molecule has 0 saturated carbocycles. The van der Waals surface area contributed by atoms with Gasteiger partial charge in [0.25, 0.3) is 5.91 Å². The first kappa shape index (κ1) is 15.2. The standard InChI is InChI=1S/C18H17NO4/c1-10(20)12-8-11-6-5-7-14-15(11)13(9-12)16(21)19(14)17(22)23-18(2,3)4/h5-9H,1-4H3. The highest BCUT2D eigenvalue weighted by atomic mass is 16.6. The molecule has 0 fully saturated rings. The highest BCUT2D eigenvalue weighted by molar-refractivity contribution is 6.33. The second-order valence-corrected chi connectivity index (χ2v) is 6.58. The molecule has 2 amide bonds. The third-order valence-corrected chi connectivity index (χ3v) is 3.61. The Morgan fingerprint density at radius 3 is 2.43 bits per heavy atom. The lowest BCUT2D eigenvalue weighted by molar-refractivity contribution is 0.0567. The van der Waals surface area contributed by atoms with Gasteiger partial charge in [-0.05, 0) is 51.3 Å². The van der Waals surface area contributed by atoms with Gasteiger partial charge in [-0.2, -0.15) is 0 Å². The molecule has 0 bridgehead atoms. The smallest absolute Gasteiger partial charge is 0.422 e. The first-order valence-corrected chi connectivity index (χ1v) is 7.34. The third kappa shape index (κ3) is 2.48. The van der Waals surface area contributed by atoms with Gasteiger partial charge in [-0.25, -0.2) is 9.69 Å². The molecular formula is C18H17NO4. The molecule has 0 saturated heterocycles. The number of hydrogen-bond donors (Lipinski definition) is 0. The van der Waals surface area contributed by atoms with Gasteiger partial charge in [0.15, 0.2) is 5.78 Å². The van der Waals surface area contributed by atoms with Crippen molar-refractivity contribution in [1.82, 2.24) is 0 Å². The summed E-state index contributed by atoms with van der Waals surface area (Å²) in [6.45, 7) is 6.68. The van der Waals surface area contributed by atoms with Crippen LogP contribution in [-0.4, -0.2) is 23.4 Å². The molecule has 1 aliphatic rings. The van der Waals surface area contributed by atoms with E-state index in [9.17, 15) is 14.4 Å². The van der Waals surface area contributed by atoms with Crippen molar-refractivity contribution in [2.24, 2.45) is 0 Å². The van der Waals surface area contributed by atoms with Gasteiger partial charge in [-0.3, -0.25) is 9.59 Å². The highest BCUT2D eigenvalue weighted by Gasteiger charge is 2.37. The van der Waals surface area contributed by atoms with Gasteiger partial charge in [0, 0.05) is 10.9 Å². The zero-order valence-corrected chi connectivity index (χ0v) is 13.5. The summed E-state index contributed by atoms with van der Waals surface area (Å²) in [4.78, 5) is 37.8. The Morgan fingerprint density at radius 2 is 1.83 bits per heavy atom. The summed E-state index contributed by atoms with van der Waals surface area (Å²) < 4.78 is 5.33. The third-order valence-electron chi connectivity index (χ3n) is 3.61. The van der Waals surface area contributed by atoms with E-state index < -0.39 is 17.6 Å². The molecule has 0 spiro atoms. The van der Waals surface area contributed by atoms with Gasteiger partial charge in [-0.15, -0.1) is 0 Å². The van der Waals surface area contributed by atoms with E-state index in [0.717, 1.165) is 10.3 Å². The minimum atomic E-state index is -0.712. The van der Waals surface area contributed by atoms with Crippen molar-refractivity contribution < 1.29 is 19.1 Å². The molecule has 1 heterocycles. The van der Waals surface area contributed by atoms with Crippen LogP contribution in [0, 0.1) is 0 Å². The Bertz CT molecular complexity index is 861. The Labute approximate surface area is 133 Å². The number of imide groups is 1. The molecule has 5 heteroatoms. The first-order chi connectivity index (χ1) is 10.7. The van der Waals surface area contributed by atoms with Crippen LogP contribution in [0.4, 0.5) is 10.5 Å². The van der Waals surface area contributed by atoms with Crippen molar-refractivity contribution in [2.45, 2.75) is 33.3 Å². The number of carbonyl (C=O) groups is 3. The first-order valence-electron chi connectivity index (χ1n) is 7.34. The number of carbonyl (C=O) groups excluding carboxylic acids is 3. The number of anilines is 1. The lowest BCUT2D eigenvalue weighted by Gasteiger charge is -2.23. The zero-order valence-electron chi connectivity index (χ0n) is 13.5. The molecule has 0 aromatic heterocycles. The molecule has 0 aliphatic carbocycles. The predicted octanol–water partition coefficient (Wildman–Crippen LogP) is 3.94. The van der Waals surface area contributed by atoms with Crippen LogP contribution in [0.5, 0.6) is 0 Å². The van der Waals surface area contributed by atoms with Gasteiger partial charge in [0.05, 0.1) is 11.3 Å². The van der Waals surface area contributed by atoms with Gasteiger partial charge in [-0.1, -0.05) is 12.1 Å². The molecule has 0 N–H and O–H groups in total. The van der Waals surface area contributed by atoms with E-state index in [1.54, 1.807) is 45.0 Å². The second kappa shape index (κ2) is 4.91. The maximum Gasteiger partial charge on any atom is 0.422 e. The summed E-state index contributed by atoms with van der Waals surface area (Å²) in [5, 5.41) is 1.43. The van der Waals surface area contributed by atoms with Crippen LogP contribution in [-0.2, 0) is 4.74 Å². The zero-order chi connectivity index (χ0) is 16.9. The monoisotopic (exact) mass is 311 g/mol. The fourth-order valence-electron chi connectivity index (χ4n) is 2.69. The number of benzene rings is 2. The van der Waals surface area contributed by atoms with Gasteiger partial charge in [0.2, 0.25) is 0 Å². The lowest BCUT2D eigenvalue weighted by Crippen LogP contribution is -2.38. The predicted molar refractivity (Wildman–Crippen MR) is 87.0 cm³/mol. The molecular weight excluding hydrogens is 294 g/mol. The molecule has 2 aromatic carbocycles. The fraction of sp³-hybridized carbons (Fsp3) is 0.278. The van der Waals surface area contributed by atoms with Gasteiger partial charge >= 0.3 is 6.09 Å². The summed E-state index contributed by atoms with van der Waals surface area (Å²) in [7, 11) is 0. The second-order valence-electron chi connectivity index (χ2n) is 6.58. The van der Waals surface area contributed by atoms with Crippen LogP contribution in [0.1, 0.15) is 48.4 Å². The van der Waals surface area contributed by atoms with Crippen molar-refractivity contribution in [1.29, 1.82) is 0 Å². The molecule has 118 valence electrons. The molecule has 0 unspecified atom stereocenters. The van der Waals surface area contributed by atoms with Crippen molar-refractivity contribution in [3.63, 3.8) is 0 Å². The number of nitrogens with zero attached hydrogens (tertiary/aromatic N) is 1. The van der Waals surface area contributed by atoms with E-state index >= 15 is 0 Å². The number of Topliss-reactive ketones (excluding diaryl/α,β-unsaturated/α-hetero) is 1. The van der Waals surface area contributed by atoms with Crippen LogP contribution in [0.3, 0.4) is 0 Å². The van der Waals surface area contributed by atoms with Crippen LogP contribution in [0.25, 0.3) is 10.8 Å². The summed E-state index contributed by atoms with van der Waals surface area (Å²) in [6, 6.07) is 8.55. The largest absolute Gasteiger partial charge is 0.443 e. The summed E-state index contributed by atoms with van der Waals surface area (Å²) >= 11 is 0. The topological polar surface area (TPSA) is 63.7 Å². The summed E-state index contributed by atoms with van der Waals surface area (Å²) in [5.41, 5.74) is 0.593. The van der Waals surface area contributed by atoms with Crippen molar-refractivity contribution in [2.75, 3.05) is 4.90 Å². The molecule has 5 nitrogen and oxygen atoms in total. The van der Waals surface area contributed by atoms with Crippen LogP contribution >= 0.6 is 0 Å². The van der Waals surface area contributed by atoms with E-state index in [2.05, 4.69) is 0 Å². The Morgan fingerprint density at radius 1 is 1.13 bits per heavy atom. The van der Waals surface area contributed by atoms with E-state index in [-0.39, 0.29) is 5.78 Å². The van der Waals surface area contributed by atoms with Crippen molar-refractivity contribution in [3.05, 3.63) is 41.5 Å². The minimum Gasteiger partial charge on any atom is -0.443 e. The van der Waals surface area contributed by atoms with Crippen molar-refractivity contribution in [3.8, 4) is 0 Å². The molecule has 0 atom stereocenters. The van der Waals surface area contributed by atoms with Crippen LogP contribution < -0.4 is 4.90 Å². The quantitative estimate of drug-likeness (QED) is 0.748. The summed E-state index contributed by atoms with van der Waals surface area (Å²) in [6.07, 6.45) is -0.712. The SMILES string of the molecule is CC(=O)c1cc2c3c(cccc3c1)N(C(=O)OC(C)(C)C)C2=O. The molecule has 23 heavy (non-hydrogen) atoms. The maximum absolute atomic E-state index is 12.7. The lowest BCUT2D eigenvalue weighted by atomic mass is 10.00. The Balaban J connectivity index is 2.16. The number of ether oxygens (including phenoxy) is 1. The van der Waals surface area contributed by atoms with Crippen molar-refractivity contribution >= 4 is 34.2 Å². The fourth-order valence-corrected chi connectivity index (χ4v) is 2.69. The number of ketones is 1. The maximum atomic E-state index is 12.7. The van der Waals surface area contributed by atoms with Gasteiger partial charge < -0.3 is 4.74 Å².